The summed E-state index contributed by atoms with van der Waals surface area (Å²) in [5.74, 6) is 1.41. The number of rotatable bonds is 4. The van der Waals surface area contributed by atoms with Crippen LogP contribution in [-0.4, -0.2) is 30.5 Å². The summed E-state index contributed by atoms with van der Waals surface area (Å²) in [4.78, 5) is 26.4. The van der Waals surface area contributed by atoms with E-state index in [9.17, 15) is 14.9 Å². The van der Waals surface area contributed by atoms with Crippen molar-refractivity contribution in [2.45, 2.75) is 32.7 Å². The number of hydrogen-bond donors (Lipinski definition) is 1. The highest BCUT2D eigenvalue weighted by atomic mass is 16.6. The van der Waals surface area contributed by atoms with Crippen molar-refractivity contribution >= 4 is 17.3 Å². The van der Waals surface area contributed by atoms with E-state index in [1.54, 1.807) is 12.1 Å². The second-order valence-electron chi connectivity index (χ2n) is 8.51. The zero-order valence-electron chi connectivity index (χ0n) is 17.3. The van der Waals surface area contributed by atoms with E-state index < -0.39 is 0 Å². The van der Waals surface area contributed by atoms with Crippen molar-refractivity contribution in [2.24, 2.45) is 11.8 Å². The molecule has 2 aromatic rings. The number of hydrogen-bond acceptors (Lipinski definition) is 5. The Hall–Kier alpha value is -3.09. The molecule has 158 valence electrons. The van der Waals surface area contributed by atoms with Gasteiger partial charge in [0.2, 0.25) is 0 Å². The van der Waals surface area contributed by atoms with Crippen LogP contribution in [-0.2, 0) is 0 Å². The first-order chi connectivity index (χ1) is 14.4. The van der Waals surface area contributed by atoms with E-state index in [-0.39, 0.29) is 22.6 Å². The molecule has 1 saturated heterocycles. The van der Waals surface area contributed by atoms with Gasteiger partial charge in [0.15, 0.2) is 0 Å². The molecule has 1 fully saturated rings. The molecule has 3 atom stereocenters. The molecular weight excluding hydrogens is 382 g/mol. The van der Waals surface area contributed by atoms with Gasteiger partial charge in [0.05, 0.1) is 17.6 Å². The molecular formula is C23H27N3O4. The predicted octanol–water partition coefficient (Wildman–Crippen LogP) is 4.33. The minimum atomic E-state index is -0.389. The lowest BCUT2D eigenvalue weighted by Crippen LogP contribution is -2.39. The molecule has 0 unspecified atom stereocenters. The van der Waals surface area contributed by atoms with Crippen LogP contribution in [0, 0.1) is 22.0 Å². The molecule has 0 spiro atoms. The van der Waals surface area contributed by atoms with Crippen molar-refractivity contribution in [1.82, 2.24) is 5.32 Å². The highest BCUT2D eigenvalue weighted by Crippen LogP contribution is 2.35. The fraction of sp³-hybridized carbons (Fsp3) is 0.435. The maximum Gasteiger partial charge on any atom is 0.293 e. The van der Waals surface area contributed by atoms with E-state index in [0.29, 0.717) is 36.1 Å². The summed E-state index contributed by atoms with van der Waals surface area (Å²) in [5.41, 5.74) is 1.80. The summed E-state index contributed by atoms with van der Waals surface area (Å²) in [5, 5.41) is 14.8. The van der Waals surface area contributed by atoms with Crippen LogP contribution in [0.1, 0.15) is 48.7 Å². The second-order valence-corrected chi connectivity index (χ2v) is 8.51. The van der Waals surface area contributed by atoms with Gasteiger partial charge in [-0.25, -0.2) is 0 Å². The molecule has 7 nitrogen and oxygen atoms in total. The van der Waals surface area contributed by atoms with Gasteiger partial charge in [-0.3, -0.25) is 14.9 Å². The largest absolute Gasteiger partial charge is 0.493 e. The van der Waals surface area contributed by atoms with E-state index in [0.717, 1.165) is 30.8 Å². The van der Waals surface area contributed by atoms with Crippen molar-refractivity contribution in [1.29, 1.82) is 0 Å². The SMILES string of the molecule is C[C@H]1C[C@H](C)CN(c2ccc(C(=O)N[C@@H]3CCOc4ccccc43)cc2[N+](=O)[O-])C1. The molecule has 0 radical (unpaired) electrons. The number of ether oxygens (including phenoxy) is 1. The zero-order valence-corrected chi connectivity index (χ0v) is 17.3. The van der Waals surface area contributed by atoms with Crippen LogP contribution in [0.5, 0.6) is 5.75 Å². The summed E-state index contributed by atoms with van der Waals surface area (Å²) in [7, 11) is 0. The summed E-state index contributed by atoms with van der Waals surface area (Å²) >= 11 is 0. The minimum Gasteiger partial charge on any atom is -0.493 e. The van der Waals surface area contributed by atoms with Gasteiger partial charge in [0.1, 0.15) is 11.4 Å². The van der Waals surface area contributed by atoms with Crippen molar-refractivity contribution in [3.63, 3.8) is 0 Å². The lowest BCUT2D eigenvalue weighted by molar-refractivity contribution is -0.384. The van der Waals surface area contributed by atoms with E-state index in [4.69, 9.17) is 4.74 Å². The van der Waals surface area contributed by atoms with Gasteiger partial charge in [-0.15, -0.1) is 0 Å². The zero-order chi connectivity index (χ0) is 21.3. The molecule has 30 heavy (non-hydrogen) atoms. The Morgan fingerprint density at radius 1 is 1.17 bits per heavy atom. The lowest BCUT2D eigenvalue weighted by atomic mass is 9.91. The van der Waals surface area contributed by atoms with Crippen LogP contribution in [0.3, 0.4) is 0 Å². The smallest absolute Gasteiger partial charge is 0.293 e. The maximum atomic E-state index is 12.9. The first-order valence-electron chi connectivity index (χ1n) is 10.5. The van der Waals surface area contributed by atoms with Gasteiger partial charge in [-0.2, -0.15) is 0 Å². The molecule has 1 amide bonds. The van der Waals surface area contributed by atoms with Crippen LogP contribution in [0.15, 0.2) is 42.5 Å². The number of nitrogens with zero attached hydrogens (tertiary/aromatic N) is 2. The number of carbonyl (C=O) groups excluding carboxylic acids is 1. The average molecular weight is 409 g/mol. The predicted molar refractivity (Wildman–Crippen MR) is 115 cm³/mol. The summed E-state index contributed by atoms with van der Waals surface area (Å²) in [6.07, 6.45) is 1.78. The molecule has 2 heterocycles. The first kappa shape index (κ1) is 20.2. The first-order valence-corrected chi connectivity index (χ1v) is 10.5. The number of benzene rings is 2. The monoisotopic (exact) mass is 409 g/mol. The standard InChI is InChI=1S/C23H27N3O4/c1-15-11-16(2)14-25(13-15)20-8-7-17(12-21(20)26(28)29)23(27)24-19-9-10-30-22-6-4-3-5-18(19)22/h3-8,12,15-16,19H,9-11,13-14H2,1-2H3,(H,24,27)/t15-,16-,19+/m0/s1. The molecule has 0 saturated carbocycles. The number of fused-ring (bicyclic) bond motifs is 1. The van der Waals surface area contributed by atoms with Crippen LogP contribution in [0.2, 0.25) is 0 Å². The molecule has 4 rings (SSSR count). The van der Waals surface area contributed by atoms with Gasteiger partial charge in [0, 0.05) is 36.7 Å². The van der Waals surface area contributed by atoms with E-state index >= 15 is 0 Å². The Bertz CT molecular complexity index is 951. The summed E-state index contributed by atoms with van der Waals surface area (Å²) in [6, 6.07) is 12.3. The van der Waals surface area contributed by atoms with E-state index in [1.807, 2.05) is 24.3 Å². The Morgan fingerprint density at radius 2 is 1.90 bits per heavy atom. The highest BCUT2D eigenvalue weighted by Gasteiger charge is 2.29. The number of amides is 1. The van der Waals surface area contributed by atoms with E-state index in [2.05, 4.69) is 24.1 Å². The van der Waals surface area contributed by atoms with Gasteiger partial charge in [0.25, 0.3) is 11.6 Å². The van der Waals surface area contributed by atoms with Gasteiger partial charge < -0.3 is 15.0 Å². The Balaban J connectivity index is 1.57. The van der Waals surface area contributed by atoms with Crippen LogP contribution < -0.4 is 15.0 Å². The fourth-order valence-corrected chi connectivity index (χ4v) is 4.67. The van der Waals surface area contributed by atoms with Gasteiger partial charge in [-0.05, 0) is 36.5 Å². The molecule has 0 aromatic heterocycles. The normalized spacial score (nSPS) is 23.3. The molecule has 2 aliphatic heterocycles. The van der Waals surface area contributed by atoms with Crippen molar-refractivity contribution < 1.29 is 14.5 Å². The number of nitrogens with one attached hydrogen (secondary N) is 1. The van der Waals surface area contributed by atoms with Gasteiger partial charge in [-0.1, -0.05) is 32.0 Å². The number of piperidine rings is 1. The van der Waals surface area contributed by atoms with E-state index in [1.165, 1.54) is 6.07 Å². The number of anilines is 1. The Morgan fingerprint density at radius 3 is 2.63 bits per heavy atom. The Kier molecular flexibility index (Phi) is 5.61. The molecule has 2 aliphatic rings. The number of nitro benzene ring substituents is 1. The maximum absolute atomic E-state index is 12.9. The lowest BCUT2D eigenvalue weighted by Gasteiger charge is -2.36. The third-order valence-electron chi connectivity index (χ3n) is 5.91. The second kappa shape index (κ2) is 8.34. The minimum absolute atomic E-state index is 0.0173. The fourth-order valence-electron chi connectivity index (χ4n) is 4.67. The topological polar surface area (TPSA) is 84.7 Å². The number of nitro groups is 1. The summed E-state index contributed by atoms with van der Waals surface area (Å²) < 4.78 is 5.65. The van der Waals surface area contributed by atoms with Gasteiger partial charge >= 0.3 is 0 Å². The third-order valence-corrected chi connectivity index (χ3v) is 5.91. The molecule has 0 bridgehead atoms. The number of carbonyl (C=O) groups is 1. The molecule has 2 aromatic carbocycles. The highest BCUT2D eigenvalue weighted by molar-refractivity contribution is 5.96. The summed E-state index contributed by atoms with van der Waals surface area (Å²) in [6.45, 7) is 6.43. The Labute approximate surface area is 176 Å². The van der Waals surface area contributed by atoms with Crippen LogP contribution in [0.4, 0.5) is 11.4 Å². The molecule has 1 N–H and O–H groups in total. The van der Waals surface area contributed by atoms with Crippen LogP contribution in [0.25, 0.3) is 0 Å². The van der Waals surface area contributed by atoms with Crippen molar-refractivity contribution in [2.75, 3.05) is 24.6 Å². The average Bonchev–Trinajstić information content (AvgIpc) is 2.73. The quantitative estimate of drug-likeness (QED) is 0.600. The number of para-hydroxylation sites is 1. The molecule has 7 heteroatoms. The molecule has 0 aliphatic carbocycles. The van der Waals surface area contributed by atoms with Crippen molar-refractivity contribution in [3.8, 4) is 5.75 Å². The third kappa shape index (κ3) is 4.10. The van der Waals surface area contributed by atoms with Crippen LogP contribution >= 0.6 is 0 Å². The van der Waals surface area contributed by atoms with Crippen molar-refractivity contribution in [3.05, 3.63) is 63.7 Å².